The average Bonchev–Trinajstić information content (AvgIpc) is 2.74. The van der Waals surface area contributed by atoms with Gasteiger partial charge >= 0.3 is 0 Å². The van der Waals surface area contributed by atoms with E-state index in [1.807, 2.05) is 0 Å². The number of anilines is 2. The zero-order valence-electron chi connectivity index (χ0n) is 9.90. The van der Waals surface area contributed by atoms with Gasteiger partial charge in [-0.15, -0.1) is 0 Å². The number of sulfonamides is 1. The molecule has 0 fully saturated rings. The molecule has 0 radical (unpaired) electrons. The Kier molecular flexibility index (Phi) is 3.10. The summed E-state index contributed by atoms with van der Waals surface area (Å²) in [7, 11) is -2.38. The second-order valence-corrected chi connectivity index (χ2v) is 5.33. The number of rotatable bonds is 3. The summed E-state index contributed by atoms with van der Waals surface area (Å²) in [6.45, 7) is 0. The minimum Gasteiger partial charge on any atom is -0.399 e. The maximum Gasteiger partial charge on any atom is 0.265 e. The Morgan fingerprint density at radius 2 is 2.21 bits per heavy atom. The summed E-state index contributed by atoms with van der Waals surface area (Å²) in [4.78, 5) is 3.59. The van der Waals surface area contributed by atoms with Gasteiger partial charge in [0.1, 0.15) is 17.3 Å². The van der Waals surface area contributed by atoms with Crippen LogP contribution in [-0.2, 0) is 17.1 Å². The van der Waals surface area contributed by atoms with Gasteiger partial charge in [-0.3, -0.25) is 0 Å². The molecule has 0 aliphatic carbocycles. The van der Waals surface area contributed by atoms with Crippen LogP contribution in [0.25, 0.3) is 0 Å². The topological polar surface area (TPSA) is 127 Å². The molecule has 0 aliphatic rings. The normalized spacial score (nSPS) is 10.9. The van der Waals surface area contributed by atoms with Gasteiger partial charge in [-0.25, -0.2) is 17.8 Å². The number of benzene rings is 1. The fourth-order valence-corrected chi connectivity index (χ4v) is 2.61. The number of hydrogen-bond donors (Lipinski definition) is 2. The molecular formula is C10H10N6O2S. The SMILES string of the molecule is Cn1ncnc1NS(=O)(=O)c1ccc(N)cc1C#N. The van der Waals surface area contributed by atoms with E-state index in [4.69, 9.17) is 11.0 Å². The number of aryl methyl sites for hydroxylation is 1. The Balaban J connectivity index is 2.46. The Hall–Kier alpha value is -2.60. The van der Waals surface area contributed by atoms with Gasteiger partial charge in [-0.2, -0.15) is 15.3 Å². The third-order valence-corrected chi connectivity index (χ3v) is 3.74. The maximum absolute atomic E-state index is 12.2. The second kappa shape index (κ2) is 4.58. The lowest BCUT2D eigenvalue weighted by Gasteiger charge is -2.08. The van der Waals surface area contributed by atoms with Gasteiger partial charge in [0, 0.05) is 12.7 Å². The van der Waals surface area contributed by atoms with Gasteiger partial charge in [-0.1, -0.05) is 0 Å². The molecule has 0 bridgehead atoms. The first-order valence-electron chi connectivity index (χ1n) is 5.10. The van der Waals surface area contributed by atoms with Crippen molar-refractivity contribution in [2.75, 3.05) is 10.5 Å². The Morgan fingerprint density at radius 3 is 2.79 bits per heavy atom. The molecule has 2 aromatic rings. The number of nitrogens with zero attached hydrogens (tertiary/aromatic N) is 4. The minimum absolute atomic E-state index is 0.0327. The number of nitrogens with one attached hydrogen (secondary N) is 1. The predicted molar refractivity (Wildman–Crippen MR) is 67.4 cm³/mol. The first-order valence-corrected chi connectivity index (χ1v) is 6.59. The molecule has 0 saturated carbocycles. The Morgan fingerprint density at radius 1 is 1.47 bits per heavy atom. The van der Waals surface area contributed by atoms with Crippen LogP contribution in [0.2, 0.25) is 0 Å². The third-order valence-electron chi connectivity index (χ3n) is 2.35. The molecule has 98 valence electrons. The van der Waals surface area contributed by atoms with E-state index in [2.05, 4.69) is 14.8 Å². The molecule has 1 aromatic heterocycles. The molecule has 1 heterocycles. The van der Waals surface area contributed by atoms with Crippen LogP contribution >= 0.6 is 0 Å². The van der Waals surface area contributed by atoms with E-state index in [-0.39, 0.29) is 16.4 Å². The van der Waals surface area contributed by atoms with Gasteiger partial charge in [0.15, 0.2) is 0 Å². The van der Waals surface area contributed by atoms with Gasteiger partial charge in [0.25, 0.3) is 10.0 Å². The Bertz CT molecular complexity index is 759. The summed E-state index contributed by atoms with van der Waals surface area (Å²) >= 11 is 0. The number of nitrogens with two attached hydrogens (primary N) is 1. The molecule has 0 unspecified atom stereocenters. The standard InChI is InChI=1S/C10H10N6O2S/c1-16-10(13-6-14-16)15-19(17,18)9-3-2-8(12)4-7(9)5-11/h2-4,6H,12H2,1H3,(H,13,14,15). The number of hydrogen-bond acceptors (Lipinski definition) is 6. The molecule has 3 N–H and O–H groups in total. The molecule has 1 aromatic carbocycles. The highest BCUT2D eigenvalue weighted by Gasteiger charge is 2.20. The van der Waals surface area contributed by atoms with Crippen LogP contribution < -0.4 is 10.5 Å². The number of aromatic nitrogens is 3. The van der Waals surface area contributed by atoms with Gasteiger partial charge in [-0.05, 0) is 18.2 Å². The smallest absolute Gasteiger partial charge is 0.265 e. The van der Waals surface area contributed by atoms with Crippen molar-refractivity contribution in [1.29, 1.82) is 5.26 Å². The fourth-order valence-electron chi connectivity index (χ4n) is 1.43. The van der Waals surface area contributed by atoms with Crippen molar-refractivity contribution in [3.05, 3.63) is 30.1 Å². The zero-order chi connectivity index (χ0) is 14.0. The summed E-state index contributed by atoms with van der Waals surface area (Å²) in [6, 6.07) is 5.77. The zero-order valence-corrected chi connectivity index (χ0v) is 10.7. The lowest BCUT2D eigenvalue weighted by Crippen LogP contribution is -2.17. The monoisotopic (exact) mass is 278 g/mol. The molecule has 0 atom stereocenters. The predicted octanol–water partition coefficient (Wildman–Crippen LogP) is 0.0698. The summed E-state index contributed by atoms with van der Waals surface area (Å²) < 4.78 is 27.8. The van der Waals surface area contributed by atoms with E-state index in [1.165, 1.54) is 29.2 Å². The maximum atomic E-state index is 12.2. The van der Waals surface area contributed by atoms with Crippen LogP contribution in [0.1, 0.15) is 5.56 Å². The molecule has 8 nitrogen and oxygen atoms in total. The first kappa shape index (κ1) is 12.8. The molecule has 0 spiro atoms. The fraction of sp³-hybridized carbons (Fsp3) is 0.100. The minimum atomic E-state index is -3.92. The Labute approximate surface area is 109 Å². The highest BCUT2D eigenvalue weighted by atomic mass is 32.2. The quantitative estimate of drug-likeness (QED) is 0.765. The van der Waals surface area contributed by atoms with Crippen molar-refractivity contribution in [1.82, 2.24) is 14.8 Å². The third kappa shape index (κ3) is 2.48. The molecule has 0 aliphatic heterocycles. The van der Waals surface area contributed by atoms with E-state index in [0.717, 1.165) is 0 Å². The van der Waals surface area contributed by atoms with Crippen molar-refractivity contribution in [2.45, 2.75) is 4.90 Å². The lowest BCUT2D eigenvalue weighted by molar-refractivity contribution is 0.600. The van der Waals surface area contributed by atoms with Crippen LogP contribution in [0.4, 0.5) is 11.6 Å². The second-order valence-electron chi connectivity index (χ2n) is 3.68. The van der Waals surface area contributed by atoms with Crippen LogP contribution in [-0.4, -0.2) is 23.2 Å². The van der Waals surface area contributed by atoms with Gasteiger partial charge < -0.3 is 5.73 Å². The van der Waals surface area contributed by atoms with Crippen LogP contribution in [0, 0.1) is 11.3 Å². The van der Waals surface area contributed by atoms with E-state index < -0.39 is 10.0 Å². The van der Waals surface area contributed by atoms with Crippen molar-refractivity contribution in [3.8, 4) is 6.07 Å². The van der Waals surface area contributed by atoms with E-state index >= 15 is 0 Å². The summed E-state index contributed by atoms with van der Waals surface area (Å²) in [5.41, 5.74) is 5.80. The first-order chi connectivity index (χ1) is 8.94. The van der Waals surface area contributed by atoms with Crippen LogP contribution in [0.3, 0.4) is 0 Å². The highest BCUT2D eigenvalue weighted by Crippen LogP contribution is 2.20. The van der Waals surface area contributed by atoms with Crippen molar-refractivity contribution < 1.29 is 8.42 Å². The van der Waals surface area contributed by atoms with E-state index in [0.29, 0.717) is 5.69 Å². The number of nitrogen functional groups attached to an aromatic ring is 1. The van der Waals surface area contributed by atoms with Crippen molar-refractivity contribution in [3.63, 3.8) is 0 Å². The summed E-state index contributed by atoms with van der Waals surface area (Å²) in [6.07, 6.45) is 1.21. The summed E-state index contributed by atoms with van der Waals surface area (Å²) in [5, 5.41) is 12.7. The average molecular weight is 278 g/mol. The van der Waals surface area contributed by atoms with Crippen LogP contribution in [0.5, 0.6) is 0 Å². The molecule has 2 rings (SSSR count). The van der Waals surface area contributed by atoms with Gasteiger partial charge in [0.2, 0.25) is 5.95 Å². The molecule has 9 heteroatoms. The van der Waals surface area contributed by atoms with Crippen LogP contribution in [0.15, 0.2) is 29.4 Å². The largest absolute Gasteiger partial charge is 0.399 e. The molecule has 19 heavy (non-hydrogen) atoms. The highest BCUT2D eigenvalue weighted by molar-refractivity contribution is 7.92. The van der Waals surface area contributed by atoms with E-state index in [9.17, 15) is 8.42 Å². The van der Waals surface area contributed by atoms with Crippen molar-refractivity contribution >= 4 is 21.7 Å². The molecule has 0 saturated heterocycles. The number of nitriles is 1. The summed E-state index contributed by atoms with van der Waals surface area (Å²) in [5.74, 6) is 0.0562. The molecular weight excluding hydrogens is 268 g/mol. The van der Waals surface area contributed by atoms with Gasteiger partial charge in [0.05, 0.1) is 5.56 Å². The molecule has 0 amide bonds. The van der Waals surface area contributed by atoms with Crippen molar-refractivity contribution in [2.24, 2.45) is 7.05 Å². The lowest BCUT2D eigenvalue weighted by atomic mass is 10.2. The van der Waals surface area contributed by atoms with E-state index in [1.54, 1.807) is 13.1 Å².